The molecule has 0 radical (unpaired) electrons. The number of aromatic nitrogens is 1. The third-order valence-corrected chi connectivity index (χ3v) is 3.92. The quantitative estimate of drug-likeness (QED) is 0.798. The maximum absolute atomic E-state index is 5.91. The zero-order chi connectivity index (χ0) is 12.1. The van der Waals surface area contributed by atoms with E-state index in [2.05, 4.69) is 17.2 Å². The molecule has 1 N–H and O–H groups in total. The van der Waals surface area contributed by atoms with Gasteiger partial charge in [0.2, 0.25) is 0 Å². The summed E-state index contributed by atoms with van der Waals surface area (Å²) < 4.78 is 0. The second-order valence-electron chi connectivity index (χ2n) is 4.90. The molecule has 1 atom stereocenters. The molecule has 0 amide bonds. The van der Waals surface area contributed by atoms with Crippen molar-refractivity contribution < 1.29 is 0 Å². The van der Waals surface area contributed by atoms with Gasteiger partial charge in [0.1, 0.15) is 11.0 Å². The van der Waals surface area contributed by atoms with Crippen molar-refractivity contribution in [2.45, 2.75) is 51.5 Å². The Morgan fingerprint density at radius 3 is 2.76 bits per heavy atom. The molecule has 17 heavy (non-hydrogen) atoms. The standard InChI is InChI=1S/C14H21ClN2/c1-2-12(11-7-4-3-5-8-11)16-14-10-6-9-13(15)17-14/h6,9-12H,2-5,7-8H2,1H3,(H,16,17). The Labute approximate surface area is 109 Å². The Bertz CT molecular complexity index is 348. The molecule has 0 bridgehead atoms. The van der Waals surface area contributed by atoms with Gasteiger partial charge in [-0.05, 0) is 37.3 Å². The minimum Gasteiger partial charge on any atom is -0.367 e. The van der Waals surface area contributed by atoms with Crippen LogP contribution in [-0.4, -0.2) is 11.0 Å². The summed E-state index contributed by atoms with van der Waals surface area (Å²) in [6, 6.07) is 6.30. The molecule has 94 valence electrons. The average molecular weight is 253 g/mol. The maximum Gasteiger partial charge on any atom is 0.131 e. The summed E-state index contributed by atoms with van der Waals surface area (Å²) in [4.78, 5) is 4.31. The first kappa shape index (κ1) is 12.7. The average Bonchev–Trinajstić information content (AvgIpc) is 2.37. The molecule has 0 saturated heterocycles. The second kappa shape index (κ2) is 6.25. The normalized spacial score (nSPS) is 18.9. The largest absolute Gasteiger partial charge is 0.367 e. The molecule has 1 aliphatic carbocycles. The lowest BCUT2D eigenvalue weighted by atomic mass is 9.83. The first-order chi connectivity index (χ1) is 8.29. The number of rotatable bonds is 4. The third-order valence-electron chi connectivity index (χ3n) is 3.71. The second-order valence-corrected chi connectivity index (χ2v) is 5.29. The van der Waals surface area contributed by atoms with Crippen molar-refractivity contribution in [1.29, 1.82) is 0 Å². The van der Waals surface area contributed by atoms with Gasteiger partial charge in [-0.15, -0.1) is 0 Å². The van der Waals surface area contributed by atoms with Crippen molar-refractivity contribution in [3.63, 3.8) is 0 Å². The topological polar surface area (TPSA) is 24.9 Å². The predicted molar refractivity (Wildman–Crippen MR) is 73.5 cm³/mol. The van der Waals surface area contributed by atoms with E-state index in [0.29, 0.717) is 11.2 Å². The number of anilines is 1. The van der Waals surface area contributed by atoms with Crippen molar-refractivity contribution >= 4 is 17.4 Å². The van der Waals surface area contributed by atoms with Crippen LogP contribution in [0, 0.1) is 5.92 Å². The summed E-state index contributed by atoms with van der Waals surface area (Å²) in [6.07, 6.45) is 8.02. The Morgan fingerprint density at radius 1 is 1.35 bits per heavy atom. The number of hydrogen-bond acceptors (Lipinski definition) is 2. The molecule has 3 heteroatoms. The van der Waals surface area contributed by atoms with Gasteiger partial charge in [-0.2, -0.15) is 0 Å². The first-order valence-electron chi connectivity index (χ1n) is 6.68. The molecular weight excluding hydrogens is 232 g/mol. The van der Waals surface area contributed by atoms with Crippen LogP contribution in [0.4, 0.5) is 5.82 Å². The lowest BCUT2D eigenvalue weighted by Crippen LogP contribution is -2.30. The van der Waals surface area contributed by atoms with E-state index in [4.69, 9.17) is 11.6 Å². The number of nitrogens with one attached hydrogen (secondary N) is 1. The molecule has 1 aromatic heterocycles. The van der Waals surface area contributed by atoms with Crippen LogP contribution in [0.3, 0.4) is 0 Å². The Morgan fingerprint density at radius 2 is 2.12 bits per heavy atom. The minimum absolute atomic E-state index is 0.543. The third kappa shape index (κ3) is 3.60. The van der Waals surface area contributed by atoms with Gasteiger partial charge in [-0.25, -0.2) is 4.98 Å². The van der Waals surface area contributed by atoms with Crippen LogP contribution in [0.5, 0.6) is 0 Å². The van der Waals surface area contributed by atoms with Crippen molar-refractivity contribution in [1.82, 2.24) is 4.98 Å². The molecule has 1 unspecified atom stereocenters. The van der Waals surface area contributed by atoms with Gasteiger partial charge in [0.15, 0.2) is 0 Å². The van der Waals surface area contributed by atoms with E-state index >= 15 is 0 Å². The molecule has 1 saturated carbocycles. The fraction of sp³-hybridized carbons (Fsp3) is 0.643. The highest BCUT2D eigenvalue weighted by Crippen LogP contribution is 2.29. The van der Waals surface area contributed by atoms with Crippen LogP contribution < -0.4 is 5.32 Å². The van der Waals surface area contributed by atoms with E-state index in [9.17, 15) is 0 Å². The maximum atomic E-state index is 5.91. The minimum atomic E-state index is 0.543. The SMILES string of the molecule is CCC(Nc1cccc(Cl)n1)C1CCCCC1. The molecule has 0 aliphatic heterocycles. The fourth-order valence-corrected chi connectivity index (χ4v) is 2.93. The van der Waals surface area contributed by atoms with Gasteiger partial charge >= 0.3 is 0 Å². The lowest BCUT2D eigenvalue weighted by Gasteiger charge is -2.30. The molecular formula is C14H21ClN2. The monoisotopic (exact) mass is 252 g/mol. The van der Waals surface area contributed by atoms with Crippen molar-refractivity contribution in [2.75, 3.05) is 5.32 Å². The molecule has 2 rings (SSSR count). The first-order valence-corrected chi connectivity index (χ1v) is 7.06. The number of pyridine rings is 1. The summed E-state index contributed by atoms with van der Waals surface area (Å²) in [5.41, 5.74) is 0. The molecule has 0 spiro atoms. The van der Waals surface area contributed by atoms with Crippen LogP contribution >= 0.6 is 11.6 Å². The predicted octanol–water partition coefficient (Wildman–Crippen LogP) is 4.51. The highest BCUT2D eigenvalue weighted by molar-refractivity contribution is 6.29. The van der Waals surface area contributed by atoms with Gasteiger partial charge in [-0.3, -0.25) is 0 Å². The van der Waals surface area contributed by atoms with E-state index in [1.807, 2.05) is 18.2 Å². The molecule has 1 aliphatic rings. The molecule has 0 aromatic carbocycles. The Hall–Kier alpha value is -0.760. The van der Waals surface area contributed by atoms with E-state index < -0.39 is 0 Å². The van der Waals surface area contributed by atoms with Crippen LogP contribution in [0.25, 0.3) is 0 Å². The molecule has 2 nitrogen and oxygen atoms in total. The van der Waals surface area contributed by atoms with Gasteiger partial charge in [-0.1, -0.05) is 43.9 Å². The van der Waals surface area contributed by atoms with E-state index in [-0.39, 0.29) is 0 Å². The Balaban J connectivity index is 1.98. The summed E-state index contributed by atoms with van der Waals surface area (Å²) in [5.74, 6) is 1.71. The number of nitrogens with zero attached hydrogens (tertiary/aromatic N) is 1. The number of hydrogen-bond donors (Lipinski definition) is 1. The molecule has 1 fully saturated rings. The van der Waals surface area contributed by atoms with Crippen LogP contribution in [0.15, 0.2) is 18.2 Å². The van der Waals surface area contributed by atoms with Gasteiger partial charge < -0.3 is 5.32 Å². The highest BCUT2D eigenvalue weighted by Gasteiger charge is 2.22. The lowest BCUT2D eigenvalue weighted by molar-refractivity contribution is 0.312. The van der Waals surface area contributed by atoms with Gasteiger partial charge in [0, 0.05) is 6.04 Å². The zero-order valence-electron chi connectivity index (χ0n) is 10.5. The molecule has 1 aromatic rings. The van der Waals surface area contributed by atoms with E-state index in [0.717, 1.165) is 18.2 Å². The van der Waals surface area contributed by atoms with E-state index in [1.165, 1.54) is 32.1 Å². The summed E-state index contributed by atoms with van der Waals surface area (Å²) >= 11 is 5.91. The summed E-state index contributed by atoms with van der Waals surface area (Å²) in [6.45, 7) is 2.25. The van der Waals surface area contributed by atoms with Gasteiger partial charge in [0.25, 0.3) is 0 Å². The molecule has 1 heterocycles. The summed E-state index contributed by atoms with van der Waals surface area (Å²) in [7, 11) is 0. The fourth-order valence-electron chi connectivity index (χ4n) is 2.77. The zero-order valence-corrected chi connectivity index (χ0v) is 11.2. The highest BCUT2D eigenvalue weighted by atomic mass is 35.5. The van der Waals surface area contributed by atoms with Crippen molar-refractivity contribution in [3.8, 4) is 0 Å². The number of halogens is 1. The van der Waals surface area contributed by atoms with E-state index in [1.54, 1.807) is 0 Å². The summed E-state index contributed by atoms with van der Waals surface area (Å²) in [5, 5.41) is 4.11. The van der Waals surface area contributed by atoms with Crippen LogP contribution in [0.1, 0.15) is 45.4 Å². The van der Waals surface area contributed by atoms with Crippen LogP contribution in [-0.2, 0) is 0 Å². The van der Waals surface area contributed by atoms with Gasteiger partial charge in [0.05, 0.1) is 0 Å². The Kier molecular flexibility index (Phi) is 4.66. The van der Waals surface area contributed by atoms with Crippen molar-refractivity contribution in [2.24, 2.45) is 5.92 Å². The smallest absolute Gasteiger partial charge is 0.131 e. The van der Waals surface area contributed by atoms with Crippen molar-refractivity contribution in [3.05, 3.63) is 23.4 Å². The van der Waals surface area contributed by atoms with Crippen LogP contribution in [0.2, 0.25) is 5.15 Å².